The maximum atomic E-state index is 5.57. The van der Waals surface area contributed by atoms with E-state index in [2.05, 4.69) is 20.1 Å². The van der Waals surface area contributed by atoms with Crippen molar-refractivity contribution in [1.82, 2.24) is 20.1 Å². The monoisotopic (exact) mass is 257 g/mol. The van der Waals surface area contributed by atoms with Crippen molar-refractivity contribution >= 4 is 11.0 Å². The highest BCUT2D eigenvalue weighted by Gasteiger charge is 2.14. The highest BCUT2D eigenvalue weighted by molar-refractivity contribution is 5.74. The molecule has 1 atom stereocenters. The number of nitrogens with one attached hydrogen (secondary N) is 1. The predicted octanol–water partition coefficient (Wildman–Crippen LogP) is 1.60. The third-order valence-electron chi connectivity index (χ3n) is 3.02. The molecule has 6 heteroatoms. The highest BCUT2D eigenvalue weighted by atomic mass is 16.5. The van der Waals surface area contributed by atoms with E-state index < -0.39 is 0 Å². The van der Waals surface area contributed by atoms with E-state index in [1.54, 1.807) is 0 Å². The molecule has 0 aliphatic heterocycles. The van der Waals surface area contributed by atoms with Crippen molar-refractivity contribution in [2.24, 2.45) is 5.73 Å². The predicted molar refractivity (Wildman–Crippen MR) is 70.7 cm³/mol. The molecule has 0 bridgehead atoms. The minimum atomic E-state index is 0.0805. The molecule has 1 aromatic carbocycles. The third-order valence-corrected chi connectivity index (χ3v) is 3.02. The van der Waals surface area contributed by atoms with E-state index in [4.69, 9.17) is 10.3 Å². The smallest absolute Gasteiger partial charge is 0.230 e. The number of nitrogens with two attached hydrogens (primary N) is 1. The number of hydrogen-bond donors (Lipinski definition) is 2. The molecule has 2 heterocycles. The number of benzene rings is 1. The molecular formula is C13H15N5O. The number of para-hydroxylation sites is 2. The standard InChI is InChI=1S/C13H15N5O/c1-8(7-14)13-17-12(18-19-13)6-11-15-9-4-2-3-5-10(9)16-11/h2-5,8H,6-7,14H2,1H3,(H,15,16). The molecule has 6 nitrogen and oxygen atoms in total. The van der Waals surface area contributed by atoms with Crippen LogP contribution in [0.2, 0.25) is 0 Å². The van der Waals surface area contributed by atoms with Crippen LogP contribution in [0.15, 0.2) is 28.8 Å². The summed E-state index contributed by atoms with van der Waals surface area (Å²) in [5, 5.41) is 3.95. The lowest BCUT2D eigenvalue weighted by Gasteiger charge is -1.98. The highest BCUT2D eigenvalue weighted by Crippen LogP contribution is 2.14. The third kappa shape index (κ3) is 2.34. The van der Waals surface area contributed by atoms with Crippen LogP contribution in [-0.4, -0.2) is 26.7 Å². The van der Waals surface area contributed by atoms with Crippen LogP contribution in [0.4, 0.5) is 0 Å². The van der Waals surface area contributed by atoms with Crippen molar-refractivity contribution in [2.45, 2.75) is 19.3 Å². The maximum Gasteiger partial charge on any atom is 0.230 e. The SMILES string of the molecule is CC(CN)c1nc(Cc2nc3ccccc3[nH]2)no1. The Bertz CT molecular complexity index is 654. The Hall–Kier alpha value is -2.21. The fourth-order valence-corrected chi connectivity index (χ4v) is 1.88. The minimum Gasteiger partial charge on any atom is -0.342 e. The average molecular weight is 257 g/mol. The van der Waals surface area contributed by atoms with E-state index in [1.807, 2.05) is 31.2 Å². The van der Waals surface area contributed by atoms with Gasteiger partial charge in [-0.2, -0.15) is 4.98 Å². The van der Waals surface area contributed by atoms with Gasteiger partial charge in [0.05, 0.1) is 17.5 Å². The number of aromatic nitrogens is 4. The van der Waals surface area contributed by atoms with Crippen LogP contribution in [0.5, 0.6) is 0 Å². The molecule has 0 radical (unpaired) electrons. The van der Waals surface area contributed by atoms with E-state index >= 15 is 0 Å². The van der Waals surface area contributed by atoms with Gasteiger partial charge in [0.1, 0.15) is 5.82 Å². The van der Waals surface area contributed by atoms with Crippen LogP contribution in [0.25, 0.3) is 11.0 Å². The van der Waals surface area contributed by atoms with Crippen molar-refractivity contribution in [3.05, 3.63) is 41.8 Å². The molecule has 0 saturated heterocycles. The number of imidazole rings is 1. The van der Waals surface area contributed by atoms with E-state index in [0.717, 1.165) is 16.9 Å². The molecule has 1 unspecified atom stereocenters. The van der Waals surface area contributed by atoms with Gasteiger partial charge in [-0.15, -0.1) is 0 Å². The summed E-state index contributed by atoms with van der Waals surface area (Å²) in [7, 11) is 0. The topological polar surface area (TPSA) is 93.6 Å². The Kier molecular flexibility index (Phi) is 3.00. The lowest BCUT2D eigenvalue weighted by molar-refractivity contribution is 0.357. The van der Waals surface area contributed by atoms with Crippen LogP contribution < -0.4 is 5.73 Å². The van der Waals surface area contributed by atoms with Crippen LogP contribution in [0, 0.1) is 0 Å². The number of aromatic amines is 1. The Balaban J connectivity index is 1.82. The number of fused-ring (bicyclic) bond motifs is 1. The first-order chi connectivity index (χ1) is 9.26. The van der Waals surface area contributed by atoms with Crippen molar-refractivity contribution in [3.8, 4) is 0 Å². The molecule has 0 aliphatic rings. The van der Waals surface area contributed by atoms with Gasteiger partial charge < -0.3 is 15.2 Å². The van der Waals surface area contributed by atoms with Gasteiger partial charge in [-0.3, -0.25) is 0 Å². The van der Waals surface area contributed by atoms with Crippen LogP contribution in [0.1, 0.15) is 30.4 Å². The zero-order chi connectivity index (χ0) is 13.2. The lowest BCUT2D eigenvalue weighted by Crippen LogP contribution is -2.09. The van der Waals surface area contributed by atoms with Gasteiger partial charge in [0.25, 0.3) is 0 Å². The van der Waals surface area contributed by atoms with Crippen molar-refractivity contribution in [1.29, 1.82) is 0 Å². The van der Waals surface area contributed by atoms with Crippen LogP contribution in [0.3, 0.4) is 0 Å². The molecule has 0 aliphatic carbocycles. The van der Waals surface area contributed by atoms with E-state index in [0.29, 0.717) is 24.7 Å². The van der Waals surface area contributed by atoms with Gasteiger partial charge in [-0.05, 0) is 12.1 Å². The second-order valence-corrected chi connectivity index (χ2v) is 4.56. The molecule has 3 rings (SSSR count). The van der Waals surface area contributed by atoms with E-state index in [1.165, 1.54) is 0 Å². The van der Waals surface area contributed by atoms with Crippen LogP contribution >= 0.6 is 0 Å². The molecule has 19 heavy (non-hydrogen) atoms. The summed E-state index contributed by atoms with van der Waals surface area (Å²) >= 11 is 0. The summed E-state index contributed by atoms with van der Waals surface area (Å²) in [6, 6.07) is 7.89. The zero-order valence-electron chi connectivity index (χ0n) is 10.6. The van der Waals surface area contributed by atoms with Gasteiger partial charge in [-0.1, -0.05) is 24.2 Å². The fraction of sp³-hybridized carbons (Fsp3) is 0.308. The minimum absolute atomic E-state index is 0.0805. The maximum absolute atomic E-state index is 5.57. The molecular weight excluding hydrogens is 242 g/mol. The Morgan fingerprint density at radius 3 is 2.95 bits per heavy atom. The summed E-state index contributed by atoms with van der Waals surface area (Å²) in [5.74, 6) is 2.11. The zero-order valence-corrected chi connectivity index (χ0v) is 10.6. The second-order valence-electron chi connectivity index (χ2n) is 4.56. The first kappa shape index (κ1) is 11.9. The molecule has 0 saturated carbocycles. The van der Waals surface area contributed by atoms with Gasteiger partial charge in [0.15, 0.2) is 5.82 Å². The molecule has 0 fully saturated rings. The van der Waals surface area contributed by atoms with Gasteiger partial charge >= 0.3 is 0 Å². The van der Waals surface area contributed by atoms with Crippen LogP contribution in [-0.2, 0) is 6.42 Å². The summed E-state index contributed by atoms with van der Waals surface area (Å²) in [4.78, 5) is 12.0. The van der Waals surface area contributed by atoms with Gasteiger partial charge in [0.2, 0.25) is 5.89 Å². The Morgan fingerprint density at radius 2 is 2.16 bits per heavy atom. The summed E-state index contributed by atoms with van der Waals surface area (Å²) in [6.45, 7) is 2.45. The number of hydrogen-bond acceptors (Lipinski definition) is 5. The van der Waals surface area contributed by atoms with Gasteiger partial charge in [-0.25, -0.2) is 4.98 Å². The summed E-state index contributed by atoms with van der Waals surface area (Å²) in [6.07, 6.45) is 0.523. The summed E-state index contributed by atoms with van der Waals surface area (Å²) in [5.41, 5.74) is 7.52. The largest absolute Gasteiger partial charge is 0.342 e. The van der Waals surface area contributed by atoms with E-state index in [9.17, 15) is 0 Å². The van der Waals surface area contributed by atoms with Crippen molar-refractivity contribution in [3.63, 3.8) is 0 Å². The van der Waals surface area contributed by atoms with Crippen molar-refractivity contribution < 1.29 is 4.52 Å². The normalized spacial score (nSPS) is 12.9. The molecule has 0 amide bonds. The van der Waals surface area contributed by atoms with Crippen molar-refractivity contribution in [2.75, 3.05) is 6.54 Å². The lowest BCUT2D eigenvalue weighted by atomic mass is 10.2. The van der Waals surface area contributed by atoms with Gasteiger partial charge in [0, 0.05) is 12.5 Å². The molecule has 98 valence electrons. The fourth-order valence-electron chi connectivity index (χ4n) is 1.88. The quantitative estimate of drug-likeness (QED) is 0.740. The number of nitrogens with zero attached hydrogens (tertiary/aromatic N) is 3. The first-order valence-electron chi connectivity index (χ1n) is 6.22. The molecule has 3 aromatic rings. The average Bonchev–Trinajstić information content (AvgIpc) is 3.04. The second kappa shape index (κ2) is 4.81. The summed E-state index contributed by atoms with van der Waals surface area (Å²) < 4.78 is 5.18. The molecule has 3 N–H and O–H groups in total. The first-order valence-corrected chi connectivity index (χ1v) is 6.22. The molecule has 2 aromatic heterocycles. The Labute approximate surface area is 110 Å². The number of H-pyrrole nitrogens is 1. The Morgan fingerprint density at radius 1 is 1.32 bits per heavy atom. The number of rotatable bonds is 4. The molecule has 0 spiro atoms. The van der Waals surface area contributed by atoms with E-state index in [-0.39, 0.29) is 5.92 Å².